The van der Waals surface area contributed by atoms with E-state index >= 15 is 0 Å². The van der Waals surface area contributed by atoms with Crippen molar-refractivity contribution in [1.82, 2.24) is 19.9 Å². The molecule has 3 heterocycles. The highest BCUT2D eigenvalue weighted by atomic mass is 15.1. The highest BCUT2D eigenvalue weighted by Gasteiger charge is 2.12. The predicted molar refractivity (Wildman–Crippen MR) is 70.4 cm³/mol. The molecule has 2 aromatic heterocycles. The Kier molecular flexibility index (Phi) is 3.23. The molecule has 94 valence electrons. The topological polar surface area (TPSA) is 54.8 Å². The molecule has 2 N–H and O–H groups in total. The molecule has 0 spiro atoms. The molecular formula is C13H17N5. The summed E-state index contributed by atoms with van der Waals surface area (Å²) < 4.78 is 2.30. The lowest BCUT2D eigenvalue weighted by molar-refractivity contribution is 0.628. The Bertz CT molecular complexity index is 505. The van der Waals surface area contributed by atoms with Gasteiger partial charge in [0.15, 0.2) is 0 Å². The first-order valence-corrected chi connectivity index (χ1v) is 6.32. The van der Waals surface area contributed by atoms with E-state index in [1.165, 1.54) is 11.5 Å². The van der Waals surface area contributed by atoms with Gasteiger partial charge in [0.1, 0.15) is 11.6 Å². The average molecular weight is 243 g/mol. The fourth-order valence-corrected chi connectivity index (χ4v) is 2.23. The SMILES string of the molecule is c1ccc(NCc2cnc3n2CCNCC3)nc1. The smallest absolute Gasteiger partial charge is 0.126 e. The normalized spacial score (nSPS) is 14.9. The number of hydrogen-bond donors (Lipinski definition) is 2. The van der Waals surface area contributed by atoms with Gasteiger partial charge in [0.05, 0.1) is 18.4 Å². The maximum atomic E-state index is 4.49. The van der Waals surface area contributed by atoms with E-state index < -0.39 is 0 Å². The number of rotatable bonds is 3. The second-order valence-electron chi connectivity index (χ2n) is 4.39. The number of nitrogens with one attached hydrogen (secondary N) is 2. The Labute approximate surface area is 106 Å². The van der Waals surface area contributed by atoms with Gasteiger partial charge in [-0.25, -0.2) is 9.97 Å². The van der Waals surface area contributed by atoms with Crippen molar-refractivity contribution in [2.45, 2.75) is 19.5 Å². The number of anilines is 1. The van der Waals surface area contributed by atoms with E-state index in [1.54, 1.807) is 6.20 Å². The molecule has 0 radical (unpaired) electrons. The van der Waals surface area contributed by atoms with Gasteiger partial charge in [0.25, 0.3) is 0 Å². The molecule has 0 bridgehead atoms. The van der Waals surface area contributed by atoms with Crippen LogP contribution in [0.2, 0.25) is 0 Å². The maximum absolute atomic E-state index is 4.49. The molecule has 2 aromatic rings. The van der Waals surface area contributed by atoms with Crippen LogP contribution in [0.5, 0.6) is 0 Å². The maximum Gasteiger partial charge on any atom is 0.126 e. The predicted octanol–water partition coefficient (Wildman–Crippen LogP) is 1.04. The first-order chi connectivity index (χ1) is 8.93. The summed E-state index contributed by atoms with van der Waals surface area (Å²) >= 11 is 0. The third-order valence-electron chi connectivity index (χ3n) is 3.17. The summed E-state index contributed by atoms with van der Waals surface area (Å²) in [7, 11) is 0. The molecular weight excluding hydrogens is 226 g/mol. The monoisotopic (exact) mass is 243 g/mol. The van der Waals surface area contributed by atoms with Crippen molar-refractivity contribution < 1.29 is 0 Å². The van der Waals surface area contributed by atoms with E-state index in [9.17, 15) is 0 Å². The second-order valence-corrected chi connectivity index (χ2v) is 4.39. The lowest BCUT2D eigenvalue weighted by Gasteiger charge is -2.09. The summed E-state index contributed by atoms with van der Waals surface area (Å²) in [5.74, 6) is 2.08. The van der Waals surface area contributed by atoms with E-state index in [0.717, 1.165) is 38.4 Å². The van der Waals surface area contributed by atoms with Gasteiger partial charge in [0.2, 0.25) is 0 Å². The Morgan fingerprint density at radius 3 is 3.17 bits per heavy atom. The molecule has 0 aliphatic carbocycles. The van der Waals surface area contributed by atoms with Crippen molar-refractivity contribution >= 4 is 5.82 Å². The van der Waals surface area contributed by atoms with E-state index in [0.29, 0.717) is 0 Å². The molecule has 18 heavy (non-hydrogen) atoms. The molecule has 0 amide bonds. The zero-order chi connectivity index (χ0) is 12.2. The van der Waals surface area contributed by atoms with Gasteiger partial charge < -0.3 is 15.2 Å². The van der Waals surface area contributed by atoms with Gasteiger partial charge in [0, 0.05) is 32.3 Å². The lowest BCUT2D eigenvalue weighted by Crippen LogP contribution is -2.18. The third kappa shape index (κ3) is 2.36. The van der Waals surface area contributed by atoms with Gasteiger partial charge in [-0.15, -0.1) is 0 Å². The summed E-state index contributed by atoms with van der Waals surface area (Å²) in [6.07, 6.45) is 4.77. The minimum absolute atomic E-state index is 0.768. The number of hydrogen-bond acceptors (Lipinski definition) is 4. The van der Waals surface area contributed by atoms with E-state index in [-0.39, 0.29) is 0 Å². The molecule has 3 rings (SSSR count). The summed E-state index contributed by atoms with van der Waals surface area (Å²) in [6, 6.07) is 5.87. The van der Waals surface area contributed by atoms with Gasteiger partial charge in [-0.1, -0.05) is 6.07 Å². The molecule has 0 saturated carbocycles. The number of pyridine rings is 1. The van der Waals surface area contributed by atoms with E-state index in [1.807, 2.05) is 24.4 Å². The fourth-order valence-electron chi connectivity index (χ4n) is 2.23. The van der Waals surface area contributed by atoms with Crippen LogP contribution in [-0.4, -0.2) is 27.6 Å². The Balaban J connectivity index is 1.72. The number of aromatic nitrogens is 3. The zero-order valence-corrected chi connectivity index (χ0v) is 10.3. The summed E-state index contributed by atoms with van der Waals surface area (Å²) in [4.78, 5) is 8.75. The Morgan fingerprint density at radius 2 is 2.28 bits per heavy atom. The van der Waals surface area contributed by atoms with Crippen molar-refractivity contribution in [2.24, 2.45) is 0 Å². The van der Waals surface area contributed by atoms with Gasteiger partial charge in [-0.05, 0) is 12.1 Å². The van der Waals surface area contributed by atoms with Crippen molar-refractivity contribution in [3.8, 4) is 0 Å². The van der Waals surface area contributed by atoms with E-state index in [2.05, 4.69) is 25.2 Å². The fraction of sp³-hybridized carbons (Fsp3) is 0.385. The molecule has 0 aromatic carbocycles. The Morgan fingerprint density at radius 1 is 1.28 bits per heavy atom. The lowest BCUT2D eigenvalue weighted by atomic mass is 10.4. The number of fused-ring (bicyclic) bond motifs is 1. The number of nitrogens with zero attached hydrogens (tertiary/aromatic N) is 3. The molecule has 5 heteroatoms. The van der Waals surface area contributed by atoms with Crippen LogP contribution in [0.3, 0.4) is 0 Å². The average Bonchev–Trinajstić information content (AvgIpc) is 2.65. The number of imidazole rings is 1. The Hall–Kier alpha value is -1.88. The van der Waals surface area contributed by atoms with Crippen molar-refractivity contribution in [1.29, 1.82) is 0 Å². The van der Waals surface area contributed by atoms with Crippen LogP contribution in [0, 0.1) is 0 Å². The van der Waals surface area contributed by atoms with Gasteiger partial charge >= 0.3 is 0 Å². The molecule has 0 unspecified atom stereocenters. The van der Waals surface area contributed by atoms with Gasteiger partial charge in [-0.3, -0.25) is 0 Å². The van der Waals surface area contributed by atoms with Crippen LogP contribution < -0.4 is 10.6 Å². The van der Waals surface area contributed by atoms with Crippen molar-refractivity contribution in [3.05, 3.63) is 42.1 Å². The molecule has 5 nitrogen and oxygen atoms in total. The minimum Gasteiger partial charge on any atom is -0.364 e. The van der Waals surface area contributed by atoms with Crippen molar-refractivity contribution in [2.75, 3.05) is 18.4 Å². The second kappa shape index (κ2) is 5.18. The van der Waals surface area contributed by atoms with Crippen LogP contribution in [0.15, 0.2) is 30.6 Å². The molecule has 1 aliphatic rings. The first-order valence-electron chi connectivity index (χ1n) is 6.32. The van der Waals surface area contributed by atoms with Crippen LogP contribution in [0.4, 0.5) is 5.82 Å². The third-order valence-corrected chi connectivity index (χ3v) is 3.17. The van der Waals surface area contributed by atoms with Crippen LogP contribution >= 0.6 is 0 Å². The minimum atomic E-state index is 0.768. The quantitative estimate of drug-likeness (QED) is 0.845. The molecule has 0 saturated heterocycles. The molecule has 0 atom stereocenters. The highest BCUT2D eigenvalue weighted by Crippen LogP contribution is 2.10. The standard InChI is InChI=1S/C13H17N5/c1-2-5-15-12(3-1)16-9-11-10-17-13-4-6-14-7-8-18(11)13/h1-3,5,10,14H,4,6-9H2,(H,15,16). The molecule has 1 aliphatic heterocycles. The first kappa shape index (κ1) is 11.2. The highest BCUT2D eigenvalue weighted by molar-refractivity contribution is 5.33. The summed E-state index contributed by atoms with van der Waals surface area (Å²) in [5.41, 5.74) is 1.22. The van der Waals surface area contributed by atoms with Gasteiger partial charge in [-0.2, -0.15) is 0 Å². The van der Waals surface area contributed by atoms with Crippen molar-refractivity contribution in [3.63, 3.8) is 0 Å². The summed E-state index contributed by atoms with van der Waals surface area (Å²) in [5, 5.41) is 6.71. The summed E-state index contributed by atoms with van der Waals surface area (Å²) in [6.45, 7) is 3.79. The zero-order valence-electron chi connectivity index (χ0n) is 10.3. The van der Waals surface area contributed by atoms with Crippen LogP contribution in [0.1, 0.15) is 11.5 Å². The van der Waals surface area contributed by atoms with Crippen LogP contribution in [-0.2, 0) is 19.5 Å². The molecule has 0 fully saturated rings. The largest absolute Gasteiger partial charge is 0.364 e. The van der Waals surface area contributed by atoms with Crippen LogP contribution in [0.25, 0.3) is 0 Å². The van der Waals surface area contributed by atoms with E-state index in [4.69, 9.17) is 0 Å².